The van der Waals surface area contributed by atoms with Gasteiger partial charge >= 0.3 is 0 Å². The Morgan fingerprint density at radius 2 is 1.10 bits per heavy atom. The molecule has 5 rings (SSSR count). The molecular weight excluding hydrogens is 440 g/mol. The Labute approximate surface area is 183 Å². The summed E-state index contributed by atoms with van der Waals surface area (Å²) in [6, 6.07) is 24.2. The minimum absolute atomic E-state index is 0.0824. The normalized spacial score (nSPS) is 22.4. The van der Waals surface area contributed by atoms with Gasteiger partial charge in [0.2, 0.25) is 0 Å². The van der Waals surface area contributed by atoms with Gasteiger partial charge in [-0.3, -0.25) is 14.4 Å². The van der Waals surface area contributed by atoms with Gasteiger partial charge in [-0.05, 0) is 23.3 Å². The Kier molecular flexibility index (Phi) is 4.55. The molecule has 3 aromatic rings. The van der Waals surface area contributed by atoms with Crippen LogP contribution in [-0.4, -0.2) is 17.3 Å². The second kappa shape index (κ2) is 7.13. The zero-order chi connectivity index (χ0) is 20.9. The third-order valence-corrected chi connectivity index (χ3v) is 7.13. The highest BCUT2D eigenvalue weighted by molar-refractivity contribution is 9.10. The van der Waals surface area contributed by atoms with Crippen molar-refractivity contribution in [2.45, 2.75) is 24.7 Å². The summed E-state index contributed by atoms with van der Waals surface area (Å²) in [5.74, 6) is -1.21. The topological polar surface area (TPSA) is 51.2 Å². The van der Waals surface area contributed by atoms with Crippen molar-refractivity contribution < 1.29 is 14.4 Å². The summed E-state index contributed by atoms with van der Waals surface area (Å²) in [7, 11) is 0. The average Bonchev–Trinajstić information content (AvgIpc) is 2.99. The molecule has 0 aliphatic heterocycles. The summed E-state index contributed by atoms with van der Waals surface area (Å²) in [6.07, 6.45) is 0.388. The molecule has 0 N–H and O–H groups in total. The third kappa shape index (κ3) is 2.67. The fourth-order valence-electron chi connectivity index (χ4n) is 5.31. The van der Waals surface area contributed by atoms with E-state index >= 15 is 0 Å². The monoisotopic (exact) mass is 458 g/mol. The van der Waals surface area contributed by atoms with Crippen molar-refractivity contribution in [2.75, 3.05) is 0 Å². The van der Waals surface area contributed by atoms with Gasteiger partial charge in [-0.1, -0.05) is 82.7 Å². The van der Waals surface area contributed by atoms with E-state index in [0.29, 0.717) is 11.1 Å². The van der Waals surface area contributed by atoms with Gasteiger partial charge in [0.1, 0.15) is 11.2 Å². The van der Waals surface area contributed by atoms with Crippen LogP contribution in [0.3, 0.4) is 0 Å². The minimum Gasteiger partial charge on any atom is -0.300 e. The summed E-state index contributed by atoms with van der Waals surface area (Å²) in [5.41, 5.74) is 1.36. The highest BCUT2D eigenvalue weighted by atomic mass is 79.9. The molecule has 3 nitrogen and oxygen atoms in total. The van der Waals surface area contributed by atoms with Gasteiger partial charge in [0.05, 0.1) is 0 Å². The number of benzene rings is 3. The molecule has 30 heavy (non-hydrogen) atoms. The molecule has 148 valence electrons. The molecule has 0 heterocycles. The number of Topliss-reactive ketones (excluding diaryl/α,β-unsaturated/α-hetero) is 3. The lowest BCUT2D eigenvalue weighted by atomic mass is 9.54. The lowest BCUT2D eigenvalue weighted by molar-refractivity contribution is -0.122. The van der Waals surface area contributed by atoms with Gasteiger partial charge in [0, 0.05) is 40.3 Å². The highest BCUT2D eigenvalue weighted by Crippen LogP contribution is 2.60. The van der Waals surface area contributed by atoms with Gasteiger partial charge < -0.3 is 0 Å². The van der Waals surface area contributed by atoms with Crippen LogP contribution in [0.5, 0.6) is 0 Å². The van der Waals surface area contributed by atoms with Crippen LogP contribution in [0.4, 0.5) is 0 Å². The van der Waals surface area contributed by atoms with Crippen LogP contribution in [0.1, 0.15) is 56.5 Å². The maximum atomic E-state index is 14.0. The van der Waals surface area contributed by atoms with Gasteiger partial charge in [0.15, 0.2) is 11.6 Å². The Balaban J connectivity index is 1.78. The smallest absolute Gasteiger partial charge is 0.178 e. The zero-order valence-corrected chi connectivity index (χ0v) is 17.8. The summed E-state index contributed by atoms with van der Waals surface area (Å²) < 4.78 is 0.911. The molecule has 0 amide bonds. The first-order valence-electron chi connectivity index (χ1n) is 10.0. The first kappa shape index (κ1) is 19.1. The molecular formula is C26H19BrO3. The van der Waals surface area contributed by atoms with Crippen molar-refractivity contribution in [2.24, 2.45) is 5.41 Å². The number of fused-ring (bicyclic) bond motifs is 1. The fourth-order valence-corrected chi connectivity index (χ4v) is 5.57. The van der Waals surface area contributed by atoms with Crippen LogP contribution in [-0.2, 0) is 4.79 Å². The Bertz CT molecular complexity index is 1130. The Morgan fingerprint density at radius 3 is 1.63 bits per heavy atom. The molecule has 2 atom stereocenters. The summed E-state index contributed by atoms with van der Waals surface area (Å²) in [5, 5.41) is 0. The van der Waals surface area contributed by atoms with Gasteiger partial charge in [-0.25, -0.2) is 0 Å². The molecule has 4 heteroatoms. The van der Waals surface area contributed by atoms with Crippen molar-refractivity contribution >= 4 is 33.3 Å². The lowest BCUT2D eigenvalue weighted by Crippen LogP contribution is -2.49. The number of halogens is 1. The molecule has 1 spiro atoms. The molecule has 0 radical (unpaired) electrons. The Morgan fingerprint density at radius 1 is 0.633 bits per heavy atom. The van der Waals surface area contributed by atoms with Crippen LogP contribution in [0.2, 0.25) is 0 Å². The maximum absolute atomic E-state index is 14.0. The fraction of sp³-hybridized carbons (Fsp3) is 0.192. The summed E-state index contributed by atoms with van der Waals surface area (Å²) in [4.78, 5) is 40.9. The molecule has 0 aromatic heterocycles. The van der Waals surface area contributed by atoms with E-state index < -0.39 is 17.3 Å². The van der Waals surface area contributed by atoms with Crippen LogP contribution in [0.25, 0.3) is 0 Å². The number of carbonyl (C=O) groups excluding carboxylic acids is 3. The van der Waals surface area contributed by atoms with E-state index in [1.54, 1.807) is 24.3 Å². The zero-order valence-electron chi connectivity index (χ0n) is 16.2. The van der Waals surface area contributed by atoms with Crippen LogP contribution >= 0.6 is 15.9 Å². The van der Waals surface area contributed by atoms with Crippen molar-refractivity contribution in [1.82, 2.24) is 0 Å². The van der Waals surface area contributed by atoms with Gasteiger partial charge in [-0.15, -0.1) is 0 Å². The third-order valence-electron chi connectivity index (χ3n) is 6.60. The largest absolute Gasteiger partial charge is 0.300 e. The number of carbonyl (C=O) groups is 3. The SMILES string of the molecule is O=C1C[C@H](c2ccc(Br)cc2)C2(C(=O)c3ccccc3C2=O)[C@H](c2ccccc2)C1. The van der Waals surface area contributed by atoms with Crippen LogP contribution in [0, 0.1) is 5.41 Å². The van der Waals surface area contributed by atoms with E-state index in [-0.39, 0.29) is 30.2 Å². The predicted octanol–water partition coefficient (Wildman–Crippen LogP) is 5.75. The molecule has 0 saturated heterocycles. The number of hydrogen-bond donors (Lipinski definition) is 0. The predicted molar refractivity (Wildman–Crippen MR) is 118 cm³/mol. The van der Waals surface area contributed by atoms with Crippen molar-refractivity contribution in [3.05, 3.63) is 106 Å². The second-order valence-electron chi connectivity index (χ2n) is 8.09. The van der Waals surface area contributed by atoms with Crippen molar-refractivity contribution in [3.8, 4) is 0 Å². The van der Waals surface area contributed by atoms with Crippen molar-refractivity contribution in [3.63, 3.8) is 0 Å². The summed E-state index contributed by atoms with van der Waals surface area (Å²) >= 11 is 3.45. The summed E-state index contributed by atoms with van der Waals surface area (Å²) in [6.45, 7) is 0. The van der Waals surface area contributed by atoms with E-state index in [9.17, 15) is 14.4 Å². The molecule has 1 saturated carbocycles. The van der Waals surface area contributed by atoms with E-state index in [1.807, 2.05) is 54.6 Å². The average molecular weight is 459 g/mol. The highest BCUT2D eigenvalue weighted by Gasteiger charge is 2.64. The molecule has 0 bridgehead atoms. The lowest BCUT2D eigenvalue weighted by Gasteiger charge is -2.44. The van der Waals surface area contributed by atoms with Crippen LogP contribution < -0.4 is 0 Å². The number of rotatable bonds is 2. The molecule has 3 aromatic carbocycles. The molecule has 2 aliphatic rings. The van der Waals surface area contributed by atoms with E-state index in [2.05, 4.69) is 15.9 Å². The maximum Gasteiger partial charge on any atom is 0.178 e. The van der Waals surface area contributed by atoms with Crippen molar-refractivity contribution in [1.29, 1.82) is 0 Å². The second-order valence-corrected chi connectivity index (χ2v) is 9.00. The first-order valence-corrected chi connectivity index (χ1v) is 10.8. The quantitative estimate of drug-likeness (QED) is 0.459. The van der Waals surface area contributed by atoms with E-state index in [4.69, 9.17) is 0 Å². The minimum atomic E-state index is -1.30. The van der Waals surface area contributed by atoms with Gasteiger partial charge in [0.25, 0.3) is 0 Å². The number of ketones is 3. The standard InChI is InChI=1S/C26H19BrO3/c27-18-12-10-17(11-13-18)23-15-19(28)14-22(16-6-2-1-3-7-16)26(23)24(29)20-8-4-5-9-21(20)25(26)30/h1-13,22-23H,14-15H2/t22-,23+/m0/s1. The van der Waals surface area contributed by atoms with E-state index in [0.717, 1.165) is 15.6 Å². The number of hydrogen-bond acceptors (Lipinski definition) is 3. The molecule has 2 aliphatic carbocycles. The van der Waals surface area contributed by atoms with Gasteiger partial charge in [-0.2, -0.15) is 0 Å². The molecule has 1 fully saturated rings. The van der Waals surface area contributed by atoms with E-state index in [1.165, 1.54) is 0 Å². The van der Waals surface area contributed by atoms with Crippen LogP contribution in [0.15, 0.2) is 83.3 Å². The Hall–Kier alpha value is -2.85. The first-order chi connectivity index (χ1) is 14.5. The molecule has 0 unspecified atom stereocenters.